The normalized spacial score (nSPS) is 11.5. The first kappa shape index (κ1) is 18.3. The maximum Gasteiger partial charge on any atom is 0.247 e. The van der Waals surface area contributed by atoms with E-state index in [4.69, 9.17) is 15.2 Å². The topological polar surface area (TPSA) is 81.9 Å². The summed E-state index contributed by atoms with van der Waals surface area (Å²) in [7, 11) is -0.867. The third-order valence-electron chi connectivity index (χ3n) is 3.57. The minimum Gasteiger partial charge on any atom is -0.497 e. The minimum absolute atomic E-state index is 0.0636. The van der Waals surface area contributed by atoms with Gasteiger partial charge in [0, 0.05) is 25.7 Å². The molecular weight excluding hydrogens is 328 g/mol. The smallest absolute Gasteiger partial charge is 0.247 e. The molecule has 0 atom stereocenters. The summed E-state index contributed by atoms with van der Waals surface area (Å²) < 4.78 is 37.9. The van der Waals surface area contributed by atoms with Gasteiger partial charge in [0.15, 0.2) is 0 Å². The highest BCUT2D eigenvalue weighted by Crippen LogP contribution is 2.31. The zero-order valence-electron chi connectivity index (χ0n) is 13.8. The van der Waals surface area contributed by atoms with Crippen LogP contribution < -0.4 is 15.2 Å². The van der Waals surface area contributed by atoms with Crippen molar-refractivity contribution in [2.75, 3.05) is 27.3 Å². The van der Waals surface area contributed by atoms with Crippen molar-refractivity contribution in [2.24, 2.45) is 5.73 Å². The highest BCUT2D eigenvalue weighted by atomic mass is 32.2. The van der Waals surface area contributed by atoms with Gasteiger partial charge in [-0.3, -0.25) is 0 Å². The van der Waals surface area contributed by atoms with Crippen LogP contribution in [0.1, 0.15) is 5.56 Å². The van der Waals surface area contributed by atoms with E-state index in [1.807, 2.05) is 30.3 Å². The van der Waals surface area contributed by atoms with Gasteiger partial charge in [0.2, 0.25) is 10.0 Å². The third-order valence-corrected chi connectivity index (χ3v) is 5.44. The Morgan fingerprint density at radius 1 is 1.04 bits per heavy atom. The van der Waals surface area contributed by atoms with Gasteiger partial charge < -0.3 is 15.2 Å². The summed E-state index contributed by atoms with van der Waals surface area (Å²) in [5.74, 6) is 0.715. The molecule has 0 spiro atoms. The van der Waals surface area contributed by atoms with Crippen molar-refractivity contribution in [1.29, 1.82) is 0 Å². The number of rotatable bonds is 8. The molecule has 2 aromatic carbocycles. The van der Waals surface area contributed by atoms with Gasteiger partial charge in [-0.25, -0.2) is 8.42 Å². The largest absolute Gasteiger partial charge is 0.497 e. The van der Waals surface area contributed by atoms with Crippen molar-refractivity contribution in [3.63, 3.8) is 0 Å². The van der Waals surface area contributed by atoms with Gasteiger partial charge in [-0.05, 0) is 17.7 Å². The SMILES string of the molecule is COc1ccc(OC)c(S(=O)(=O)N(CCN)Cc2ccccc2)c1. The molecule has 6 nitrogen and oxygen atoms in total. The van der Waals surface area contributed by atoms with E-state index in [0.717, 1.165) is 5.56 Å². The highest BCUT2D eigenvalue weighted by molar-refractivity contribution is 7.89. The molecule has 0 aliphatic rings. The second kappa shape index (κ2) is 8.14. The van der Waals surface area contributed by atoms with Crippen LogP contribution in [0.2, 0.25) is 0 Å². The van der Waals surface area contributed by atoms with E-state index in [1.165, 1.54) is 24.6 Å². The predicted molar refractivity (Wildman–Crippen MR) is 92.6 cm³/mol. The van der Waals surface area contributed by atoms with E-state index in [9.17, 15) is 8.42 Å². The Hall–Kier alpha value is -2.09. The Bertz CT molecular complexity index is 763. The summed E-state index contributed by atoms with van der Waals surface area (Å²) >= 11 is 0. The maximum absolute atomic E-state index is 13.1. The zero-order valence-corrected chi connectivity index (χ0v) is 14.6. The molecule has 24 heavy (non-hydrogen) atoms. The first-order chi connectivity index (χ1) is 11.5. The molecule has 2 aromatic rings. The lowest BCUT2D eigenvalue weighted by molar-refractivity contribution is 0.381. The van der Waals surface area contributed by atoms with Crippen LogP contribution in [-0.4, -0.2) is 40.0 Å². The quantitative estimate of drug-likeness (QED) is 0.786. The fourth-order valence-corrected chi connectivity index (χ4v) is 3.95. The van der Waals surface area contributed by atoms with Crippen LogP contribution >= 0.6 is 0 Å². The van der Waals surface area contributed by atoms with Gasteiger partial charge in [-0.2, -0.15) is 4.31 Å². The number of nitrogens with zero attached hydrogens (tertiary/aromatic N) is 1. The number of sulfonamides is 1. The maximum atomic E-state index is 13.1. The van der Waals surface area contributed by atoms with Gasteiger partial charge >= 0.3 is 0 Å². The van der Waals surface area contributed by atoms with Crippen LogP contribution in [0.25, 0.3) is 0 Å². The van der Waals surface area contributed by atoms with Crippen LogP contribution in [0.5, 0.6) is 11.5 Å². The fraction of sp³-hybridized carbons (Fsp3) is 0.294. The number of hydrogen-bond donors (Lipinski definition) is 1. The average Bonchev–Trinajstić information content (AvgIpc) is 2.61. The average molecular weight is 350 g/mol. The molecule has 0 aromatic heterocycles. The van der Waals surface area contributed by atoms with Crippen LogP contribution in [0.15, 0.2) is 53.4 Å². The lowest BCUT2D eigenvalue weighted by Crippen LogP contribution is -2.35. The molecule has 0 aliphatic carbocycles. The molecule has 0 aliphatic heterocycles. The zero-order chi connectivity index (χ0) is 17.6. The Balaban J connectivity index is 2.44. The molecule has 0 bridgehead atoms. The van der Waals surface area contributed by atoms with Crippen LogP contribution in [0.3, 0.4) is 0 Å². The predicted octanol–water partition coefficient (Wildman–Crippen LogP) is 1.85. The van der Waals surface area contributed by atoms with Crippen molar-refractivity contribution >= 4 is 10.0 Å². The fourth-order valence-electron chi connectivity index (χ4n) is 2.34. The molecule has 0 unspecified atom stereocenters. The first-order valence-corrected chi connectivity index (χ1v) is 8.93. The minimum atomic E-state index is -3.79. The molecule has 0 radical (unpaired) electrons. The first-order valence-electron chi connectivity index (χ1n) is 7.49. The lowest BCUT2D eigenvalue weighted by atomic mass is 10.2. The second-order valence-corrected chi connectivity index (χ2v) is 7.04. The molecular formula is C17H22N2O4S. The molecule has 0 saturated heterocycles. The number of methoxy groups -OCH3 is 2. The number of ether oxygens (including phenoxy) is 2. The summed E-state index contributed by atoms with van der Waals surface area (Å²) in [5, 5.41) is 0. The van der Waals surface area contributed by atoms with Crippen molar-refractivity contribution in [1.82, 2.24) is 4.31 Å². The van der Waals surface area contributed by atoms with Crippen LogP contribution in [0, 0.1) is 0 Å². The number of nitrogens with two attached hydrogens (primary N) is 1. The summed E-state index contributed by atoms with van der Waals surface area (Å²) in [6.07, 6.45) is 0. The third kappa shape index (κ3) is 4.05. The van der Waals surface area contributed by atoms with E-state index in [1.54, 1.807) is 12.1 Å². The van der Waals surface area contributed by atoms with Crippen LogP contribution in [0.4, 0.5) is 0 Å². The number of benzene rings is 2. The van der Waals surface area contributed by atoms with Crippen LogP contribution in [-0.2, 0) is 16.6 Å². The van der Waals surface area contributed by atoms with Gasteiger partial charge in [-0.15, -0.1) is 0 Å². The summed E-state index contributed by atoms with van der Waals surface area (Å²) in [5.41, 5.74) is 6.51. The van der Waals surface area contributed by atoms with Crippen molar-refractivity contribution in [2.45, 2.75) is 11.4 Å². The lowest BCUT2D eigenvalue weighted by Gasteiger charge is -2.23. The van der Waals surface area contributed by atoms with Crippen molar-refractivity contribution in [3.8, 4) is 11.5 Å². The van der Waals surface area contributed by atoms with E-state index >= 15 is 0 Å². The highest BCUT2D eigenvalue weighted by Gasteiger charge is 2.28. The monoisotopic (exact) mass is 350 g/mol. The second-order valence-electron chi connectivity index (χ2n) is 5.13. The van der Waals surface area contributed by atoms with Gasteiger partial charge in [0.25, 0.3) is 0 Å². The molecule has 0 saturated carbocycles. The van der Waals surface area contributed by atoms with Crippen molar-refractivity contribution in [3.05, 3.63) is 54.1 Å². The summed E-state index contributed by atoms with van der Waals surface area (Å²) in [6.45, 7) is 0.663. The van der Waals surface area contributed by atoms with E-state index in [-0.39, 0.29) is 30.3 Å². The molecule has 7 heteroatoms. The van der Waals surface area contributed by atoms with E-state index in [2.05, 4.69) is 0 Å². The molecule has 0 amide bonds. The summed E-state index contributed by atoms with van der Waals surface area (Å²) in [4.78, 5) is 0.0636. The summed E-state index contributed by atoms with van der Waals surface area (Å²) in [6, 6.07) is 14.1. The Morgan fingerprint density at radius 3 is 2.33 bits per heavy atom. The Kier molecular flexibility index (Phi) is 6.19. The Labute approximate surface area is 142 Å². The molecule has 130 valence electrons. The molecule has 2 rings (SSSR count). The Morgan fingerprint density at radius 2 is 1.75 bits per heavy atom. The van der Waals surface area contributed by atoms with Gasteiger partial charge in [-0.1, -0.05) is 30.3 Å². The molecule has 0 heterocycles. The van der Waals surface area contributed by atoms with Gasteiger partial charge in [0.1, 0.15) is 16.4 Å². The molecule has 2 N–H and O–H groups in total. The number of hydrogen-bond acceptors (Lipinski definition) is 5. The molecule has 0 fully saturated rings. The van der Waals surface area contributed by atoms with Gasteiger partial charge in [0.05, 0.1) is 14.2 Å². The standard InChI is InChI=1S/C17H22N2O4S/c1-22-15-8-9-16(23-2)17(12-15)24(20,21)19(11-10-18)13-14-6-4-3-5-7-14/h3-9,12H,10-11,13,18H2,1-2H3. The van der Waals surface area contributed by atoms with E-state index in [0.29, 0.717) is 5.75 Å². The van der Waals surface area contributed by atoms with E-state index < -0.39 is 10.0 Å². The van der Waals surface area contributed by atoms with Crippen molar-refractivity contribution < 1.29 is 17.9 Å².